The highest BCUT2D eigenvalue weighted by Crippen LogP contribution is 2.19. The van der Waals surface area contributed by atoms with E-state index in [4.69, 9.17) is 4.74 Å². The van der Waals surface area contributed by atoms with Crippen LogP contribution >= 0.6 is 15.9 Å². The molecule has 2 aromatic carbocycles. The van der Waals surface area contributed by atoms with E-state index in [0.29, 0.717) is 32.1 Å². The molecule has 0 N–H and O–H groups in total. The zero-order valence-corrected chi connectivity index (χ0v) is 15.3. The van der Waals surface area contributed by atoms with Gasteiger partial charge >= 0.3 is 0 Å². The molecule has 0 saturated carbocycles. The van der Waals surface area contributed by atoms with Crippen LogP contribution in [0.5, 0.6) is 0 Å². The Kier molecular flexibility index (Phi) is 5.33. The number of morpholine rings is 1. The highest BCUT2D eigenvalue weighted by atomic mass is 79.9. The Labute approximate surface area is 150 Å². The Balaban J connectivity index is 2.03. The van der Waals surface area contributed by atoms with Gasteiger partial charge in [-0.15, -0.1) is 4.40 Å². The predicted octanol–water partition coefficient (Wildman–Crippen LogP) is 2.92. The Morgan fingerprint density at radius 1 is 1.00 bits per heavy atom. The predicted molar refractivity (Wildman–Crippen MR) is 96.7 cm³/mol. The fourth-order valence-electron chi connectivity index (χ4n) is 2.43. The largest absolute Gasteiger partial charge is 0.378 e. The van der Waals surface area contributed by atoms with Gasteiger partial charge in [0.1, 0.15) is 5.84 Å². The topological polar surface area (TPSA) is 59.0 Å². The summed E-state index contributed by atoms with van der Waals surface area (Å²) >= 11 is 3.31. The number of sulfonamides is 1. The fourth-order valence-corrected chi connectivity index (χ4v) is 3.73. The minimum atomic E-state index is -3.79. The first kappa shape index (κ1) is 17.1. The summed E-state index contributed by atoms with van der Waals surface area (Å²) in [5.41, 5.74) is 0.778. The molecule has 24 heavy (non-hydrogen) atoms. The lowest BCUT2D eigenvalue weighted by Crippen LogP contribution is -2.41. The molecule has 1 fully saturated rings. The smallest absolute Gasteiger partial charge is 0.284 e. The van der Waals surface area contributed by atoms with E-state index < -0.39 is 10.0 Å². The summed E-state index contributed by atoms with van der Waals surface area (Å²) in [6.07, 6.45) is 0. The average Bonchev–Trinajstić information content (AvgIpc) is 2.62. The normalized spacial score (nSPS) is 16.2. The van der Waals surface area contributed by atoms with Crippen molar-refractivity contribution in [3.63, 3.8) is 0 Å². The SMILES string of the molecule is O=S(=O)(/N=C(/c1ccccc1)N1CCOCC1)c1ccc(Br)cc1. The van der Waals surface area contributed by atoms with Crippen LogP contribution in [0.4, 0.5) is 0 Å². The molecular formula is C17H17BrN2O3S. The summed E-state index contributed by atoms with van der Waals surface area (Å²) in [6, 6.07) is 15.9. The first-order chi connectivity index (χ1) is 11.6. The molecule has 0 aromatic heterocycles. The van der Waals surface area contributed by atoms with Crippen molar-refractivity contribution in [2.45, 2.75) is 4.90 Å². The van der Waals surface area contributed by atoms with E-state index in [-0.39, 0.29) is 4.90 Å². The summed E-state index contributed by atoms with van der Waals surface area (Å²) in [5, 5.41) is 0. The zero-order chi connectivity index (χ0) is 17.0. The van der Waals surface area contributed by atoms with E-state index in [1.54, 1.807) is 24.3 Å². The monoisotopic (exact) mass is 408 g/mol. The number of hydrogen-bond acceptors (Lipinski definition) is 3. The van der Waals surface area contributed by atoms with Crippen molar-refractivity contribution < 1.29 is 13.2 Å². The van der Waals surface area contributed by atoms with Crippen LogP contribution in [0.2, 0.25) is 0 Å². The van der Waals surface area contributed by atoms with Crippen LogP contribution in [-0.2, 0) is 14.8 Å². The summed E-state index contributed by atoms with van der Waals surface area (Å²) < 4.78 is 35.7. The highest BCUT2D eigenvalue weighted by molar-refractivity contribution is 9.10. The van der Waals surface area contributed by atoms with Gasteiger partial charge in [-0.3, -0.25) is 0 Å². The molecule has 1 aliphatic heterocycles. The van der Waals surface area contributed by atoms with Crippen LogP contribution in [0.15, 0.2) is 68.4 Å². The van der Waals surface area contributed by atoms with E-state index in [1.807, 2.05) is 35.2 Å². The van der Waals surface area contributed by atoms with Crippen LogP contribution in [0, 0.1) is 0 Å². The molecule has 2 aromatic rings. The van der Waals surface area contributed by atoms with E-state index in [2.05, 4.69) is 20.3 Å². The minimum absolute atomic E-state index is 0.174. The maximum atomic E-state index is 12.7. The van der Waals surface area contributed by atoms with Gasteiger partial charge in [-0.25, -0.2) is 0 Å². The number of hydrogen-bond donors (Lipinski definition) is 0. The molecule has 0 atom stereocenters. The molecule has 0 spiro atoms. The molecule has 0 radical (unpaired) electrons. The third-order valence-corrected chi connectivity index (χ3v) is 5.47. The lowest BCUT2D eigenvalue weighted by Gasteiger charge is -2.29. The Hall–Kier alpha value is -1.70. The molecule has 0 amide bonds. The van der Waals surface area contributed by atoms with Gasteiger partial charge in [0.2, 0.25) is 0 Å². The van der Waals surface area contributed by atoms with Crippen molar-refractivity contribution in [1.82, 2.24) is 4.90 Å². The molecule has 3 rings (SSSR count). The van der Waals surface area contributed by atoms with Crippen LogP contribution < -0.4 is 0 Å². The number of nitrogens with zero attached hydrogens (tertiary/aromatic N) is 2. The minimum Gasteiger partial charge on any atom is -0.378 e. The van der Waals surface area contributed by atoms with Gasteiger partial charge in [0.25, 0.3) is 10.0 Å². The van der Waals surface area contributed by atoms with Crippen molar-refractivity contribution in [3.05, 3.63) is 64.6 Å². The first-order valence-corrected chi connectivity index (χ1v) is 9.78. The van der Waals surface area contributed by atoms with Gasteiger partial charge in [0.15, 0.2) is 0 Å². The summed E-state index contributed by atoms with van der Waals surface area (Å²) in [5.74, 6) is 0.460. The van der Waals surface area contributed by atoms with Crippen molar-refractivity contribution >= 4 is 31.8 Å². The van der Waals surface area contributed by atoms with Gasteiger partial charge < -0.3 is 9.64 Å². The van der Waals surface area contributed by atoms with Crippen LogP contribution in [0.25, 0.3) is 0 Å². The first-order valence-electron chi connectivity index (χ1n) is 7.55. The van der Waals surface area contributed by atoms with Crippen LogP contribution in [0.1, 0.15) is 5.56 Å². The van der Waals surface area contributed by atoms with Gasteiger partial charge in [-0.2, -0.15) is 8.42 Å². The number of rotatable bonds is 3. The molecule has 0 unspecified atom stereocenters. The van der Waals surface area contributed by atoms with Crippen molar-refractivity contribution in [3.8, 4) is 0 Å². The average molecular weight is 409 g/mol. The molecule has 126 valence electrons. The Bertz CT molecular complexity index is 815. The van der Waals surface area contributed by atoms with Crippen molar-refractivity contribution in [1.29, 1.82) is 0 Å². The molecule has 1 heterocycles. The standard InChI is InChI=1S/C17H17BrN2O3S/c18-15-6-8-16(9-7-15)24(21,22)19-17(14-4-2-1-3-5-14)20-10-12-23-13-11-20/h1-9H,10-13H2/b19-17-. The molecule has 1 saturated heterocycles. The molecule has 1 aliphatic rings. The van der Waals surface area contributed by atoms with Gasteiger partial charge in [0.05, 0.1) is 18.1 Å². The molecule has 7 heteroatoms. The summed E-state index contributed by atoms with van der Waals surface area (Å²) in [4.78, 5) is 2.13. The van der Waals surface area contributed by atoms with E-state index in [0.717, 1.165) is 10.0 Å². The number of halogens is 1. The molecule has 0 aliphatic carbocycles. The Morgan fingerprint density at radius 3 is 2.25 bits per heavy atom. The van der Waals surface area contributed by atoms with Gasteiger partial charge in [0, 0.05) is 23.1 Å². The zero-order valence-electron chi connectivity index (χ0n) is 12.9. The fraction of sp³-hybridized carbons (Fsp3) is 0.235. The molecule has 0 bridgehead atoms. The maximum absolute atomic E-state index is 12.7. The lowest BCUT2D eigenvalue weighted by atomic mass is 10.2. The third-order valence-electron chi connectivity index (χ3n) is 3.66. The summed E-state index contributed by atoms with van der Waals surface area (Å²) in [7, 11) is -3.79. The second-order valence-corrected chi connectivity index (χ2v) is 7.83. The molecule has 5 nitrogen and oxygen atoms in total. The lowest BCUT2D eigenvalue weighted by molar-refractivity contribution is 0.0683. The van der Waals surface area contributed by atoms with Crippen LogP contribution in [0.3, 0.4) is 0 Å². The van der Waals surface area contributed by atoms with E-state index >= 15 is 0 Å². The quantitative estimate of drug-likeness (QED) is 0.578. The second kappa shape index (κ2) is 7.46. The maximum Gasteiger partial charge on any atom is 0.284 e. The molecular weight excluding hydrogens is 392 g/mol. The number of benzene rings is 2. The second-order valence-electron chi connectivity index (χ2n) is 5.31. The van der Waals surface area contributed by atoms with E-state index in [9.17, 15) is 8.42 Å². The number of amidine groups is 1. The summed E-state index contributed by atoms with van der Waals surface area (Å²) in [6.45, 7) is 2.35. The Morgan fingerprint density at radius 2 is 1.62 bits per heavy atom. The van der Waals surface area contributed by atoms with E-state index in [1.165, 1.54) is 0 Å². The van der Waals surface area contributed by atoms with Crippen LogP contribution in [-0.4, -0.2) is 45.5 Å². The third kappa shape index (κ3) is 4.03. The van der Waals surface area contributed by atoms with Gasteiger partial charge in [-0.05, 0) is 24.3 Å². The van der Waals surface area contributed by atoms with Crippen molar-refractivity contribution in [2.75, 3.05) is 26.3 Å². The number of ether oxygens (including phenoxy) is 1. The van der Waals surface area contributed by atoms with Crippen molar-refractivity contribution in [2.24, 2.45) is 4.40 Å². The van der Waals surface area contributed by atoms with Gasteiger partial charge in [-0.1, -0.05) is 46.3 Å². The highest BCUT2D eigenvalue weighted by Gasteiger charge is 2.21.